The lowest BCUT2D eigenvalue weighted by Crippen LogP contribution is -2.14. The molecule has 24 heavy (non-hydrogen) atoms. The van der Waals surface area contributed by atoms with Crippen molar-refractivity contribution in [3.05, 3.63) is 65.7 Å². The summed E-state index contributed by atoms with van der Waals surface area (Å²) in [4.78, 5) is 12.8. The first-order valence-electron chi connectivity index (χ1n) is 7.65. The Kier molecular flexibility index (Phi) is 4.38. The van der Waals surface area contributed by atoms with E-state index in [2.05, 4.69) is 5.32 Å². The monoisotopic (exact) mass is 321 g/mol. The summed E-state index contributed by atoms with van der Waals surface area (Å²) >= 11 is 0. The van der Waals surface area contributed by atoms with Crippen molar-refractivity contribution in [1.29, 1.82) is 0 Å². The van der Waals surface area contributed by atoms with E-state index in [1.54, 1.807) is 14.2 Å². The first-order valence-corrected chi connectivity index (χ1v) is 7.65. The van der Waals surface area contributed by atoms with Crippen LogP contribution in [0.5, 0.6) is 11.5 Å². The number of hydrogen-bond donors (Lipinski definition) is 1. The highest BCUT2D eigenvalue weighted by atomic mass is 16.5. The Hall–Kier alpha value is -3.01. The molecule has 0 fully saturated rings. The van der Waals surface area contributed by atoms with Crippen molar-refractivity contribution in [2.24, 2.45) is 0 Å². The molecule has 3 rings (SSSR count). The van der Waals surface area contributed by atoms with Crippen molar-refractivity contribution in [3.63, 3.8) is 0 Å². The van der Waals surface area contributed by atoms with Crippen LogP contribution in [0.4, 0.5) is 5.69 Å². The van der Waals surface area contributed by atoms with Crippen molar-refractivity contribution in [2.75, 3.05) is 19.5 Å². The molecule has 122 valence electrons. The number of hydrogen-bond acceptors (Lipinski definition) is 3. The summed E-state index contributed by atoms with van der Waals surface area (Å²) in [5.41, 5.74) is 2.16. The molecule has 0 heterocycles. The predicted molar refractivity (Wildman–Crippen MR) is 96.2 cm³/mol. The van der Waals surface area contributed by atoms with Crippen molar-refractivity contribution < 1.29 is 14.3 Å². The van der Waals surface area contributed by atoms with Gasteiger partial charge in [-0.3, -0.25) is 4.79 Å². The number of benzene rings is 3. The first-order chi connectivity index (χ1) is 11.6. The van der Waals surface area contributed by atoms with Crippen LogP contribution in [-0.2, 0) is 0 Å². The number of rotatable bonds is 4. The number of anilines is 1. The maximum atomic E-state index is 12.8. The van der Waals surface area contributed by atoms with E-state index in [0.717, 1.165) is 16.3 Å². The second-order valence-corrected chi connectivity index (χ2v) is 5.56. The molecule has 4 nitrogen and oxygen atoms in total. The van der Waals surface area contributed by atoms with Gasteiger partial charge in [0.2, 0.25) is 0 Å². The van der Waals surface area contributed by atoms with E-state index in [1.807, 2.05) is 61.5 Å². The zero-order valence-corrected chi connectivity index (χ0v) is 13.9. The van der Waals surface area contributed by atoms with Crippen molar-refractivity contribution in [1.82, 2.24) is 0 Å². The van der Waals surface area contributed by atoms with Crippen molar-refractivity contribution >= 4 is 22.4 Å². The number of ether oxygens (including phenoxy) is 2. The average Bonchev–Trinajstić information content (AvgIpc) is 2.60. The lowest BCUT2D eigenvalue weighted by molar-refractivity contribution is 0.102. The molecule has 0 aliphatic heterocycles. The molecule has 0 aliphatic carbocycles. The van der Waals surface area contributed by atoms with Gasteiger partial charge in [-0.05, 0) is 47.5 Å². The summed E-state index contributed by atoms with van der Waals surface area (Å²) in [6.07, 6.45) is 0. The highest BCUT2D eigenvalue weighted by Gasteiger charge is 2.15. The zero-order chi connectivity index (χ0) is 17.1. The molecule has 3 aromatic carbocycles. The fourth-order valence-electron chi connectivity index (χ4n) is 2.67. The number of aryl methyl sites for hydroxylation is 1. The van der Waals surface area contributed by atoms with Gasteiger partial charge in [0.1, 0.15) is 11.5 Å². The molecule has 0 spiro atoms. The van der Waals surface area contributed by atoms with Gasteiger partial charge in [-0.25, -0.2) is 0 Å². The number of amides is 1. The molecular weight excluding hydrogens is 302 g/mol. The van der Waals surface area contributed by atoms with Gasteiger partial charge in [0.15, 0.2) is 0 Å². The largest absolute Gasteiger partial charge is 0.496 e. The Morgan fingerprint density at radius 2 is 1.54 bits per heavy atom. The second-order valence-electron chi connectivity index (χ2n) is 5.56. The van der Waals surface area contributed by atoms with Crippen LogP contribution < -0.4 is 14.8 Å². The predicted octanol–water partition coefficient (Wildman–Crippen LogP) is 4.42. The van der Waals surface area contributed by atoms with Gasteiger partial charge >= 0.3 is 0 Å². The molecule has 1 N–H and O–H groups in total. The van der Waals surface area contributed by atoms with E-state index in [-0.39, 0.29) is 5.91 Å². The normalized spacial score (nSPS) is 10.5. The molecule has 0 atom stereocenters. The van der Waals surface area contributed by atoms with Crippen LogP contribution in [0.1, 0.15) is 15.9 Å². The minimum Gasteiger partial charge on any atom is -0.496 e. The lowest BCUT2D eigenvalue weighted by atomic mass is 10.0. The maximum Gasteiger partial charge on any atom is 0.259 e. The summed E-state index contributed by atoms with van der Waals surface area (Å²) in [5, 5.41) is 4.93. The molecule has 0 saturated heterocycles. The lowest BCUT2D eigenvalue weighted by Gasteiger charge is -2.13. The van der Waals surface area contributed by atoms with E-state index >= 15 is 0 Å². The molecule has 0 radical (unpaired) electrons. The maximum absolute atomic E-state index is 12.8. The molecule has 0 aliphatic rings. The Morgan fingerprint density at radius 3 is 2.21 bits per heavy atom. The molecule has 0 bridgehead atoms. The SMILES string of the molecule is COc1ccc(C)cc1NC(=O)c1cc2ccccc2cc1OC. The first kappa shape index (κ1) is 15.9. The van der Waals surface area contributed by atoms with Crippen LogP contribution >= 0.6 is 0 Å². The Labute approximate surface area is 141 Å². The number of methoxy groups -OCH3 is 2. The van der Waals surface area contributed by atoms with Crippen LogP contribution in [-0.4, -0.2) is 20.1 Å². The summed E-state index contributed by atoms with van der Waals surface area (Å²) in [6, 6.07) is 17.2. The van der Waals surface area contributed by atoms with Gasteiger partial charge in [0, 0.05) is 0 Å². The van der Waals surface area contributed by atoms with Crippen LogP contribution in [0.25, 0.3) is 10.8 Å². The van der Waals surface area contributed by atoms with Crippen LogP contribution in [0.3, 0.4) is 0 Å². The molecule has 1 amide bonds. The third-order valence-electron chi connectivity index (χ3n) is 3.92. The molecule has 3 aromatic rings. The summed E-state index contributed by atoms with van der Waals surface area (Å²) in [6.45, 7) is 1.96. The standard InChI is InChI=1S/C20H19NO3/c1-13-8-9-18(23-2)17(10-13)21-20(22)16-11-14-6-4-5-7-15(14)12-19(16)24-3/h4-12H,1-3H3,(H,21,22). The zero-order valence-electron chi connectivity index (χ0n) is 13.9. The van der Waals surface area contributed by atoms with Gasteiger partial charge in [-0.1, -0.05) is 30.3 Å². The minimum atomic E-state index is -0.235. The highest BCUT2D eigenvalue weighted by molar-refractivity contribution is 6.09. The quantitative estimate of drug-likeness (QED) is 0.774. The fourth-order valence-corrected chi connectivity index (χ4v) is 2.67. The van der Waals surface area contributed by atoms with E-state index in [9.17, 15) is 4.79 Å². The van der Waals surface area contributed by atoms with E-state index in [0.29, 0.717) is 22.7 Å². The third kappa shape index (κ3) is 3.04. The second kappa shape index (κ2) is 6.62. The van der Waals surface area contributed by atoms with Gasteiger partial charge in [0.25, 0.3) is 5.91 Å². The molecular formula is C20H19NO3. The van der Waals surface area contributed by atoms with Gasteiger partial charge in [-0.15, -0.1) is 0 Å². The molecule has 0 unspecified atom stereocenters. The topological polar surface area (TPSA) is 47.6 Å². The summed E-state index contributed by atoms with van der Waals surface area (Å²) < 4.78 is 10.7. The molecule has 4 heteroatoms. The van der Waals surface area contributed by atoms with Gasteiger partial charge < -0.3 is 14.8 Å². The fraction of sp³-hybridized carbons (Fsp3) is 0.150. The minimum absolute atomic E-state index is 0.235. The Balaban J connectivity index is 2.01. The van der Waals surface area contributed by atoms with E-state index in [1.165, 1.54) is 0 Å². The van der Waals surface area contributed by atoms with Crippen LogP contribution in [0, 0.1) is 6.92 Å². The van der Waals surface area contributed by atoms with Crippen molar-refractivity contribution in [3.8, 4) is 11.5 Å². The molecule has 0 aromatic heterocycles. The van der Waals surface area contributed by atoms with Gasteiger partial charge in [-0.2, -0.15) is 0 Å². The van der Waals surface area contributed by atoms with Crippen molar-refractivity contribution in [2.45, 2.75) is 6.92 Å². The Bertz CT molecular complexity index is 903. The molecule has 0 saturated carbocycles. The number of carbonyl (C=O) groups excluding carboxylic acids is 1. The van der Waals surface area contributed by atoms with E-state index < -0.39 is 0 Å². The smallest absolute Gasteiger partial charge is 0.259 e. The van der Waals surface area contributed by atoms with Gasteiger partial charge in [0.05, 0.1) is 25.5 Å². The average molecular weight is 321 g/mol. The summed E-state index contributed by atoms with van der Waals surface area (Å²) in [5.74, 6) is 0.924. The summed E-state index contributed by atoms with van der Waals surface area (Å²) in [7, 11) is 3.14. The number of fused-ring (bicyclic) bond motifs is 1. The Morgan fingerprint density at radius 1 is 0.875 bits per heavy atom. The number of carbonyl (C=O) groups is 1. The van der Waals surface area contributed by atoms with E-state index in [4.69, 9.17) is 9.47 Å². The van der Waals surface area contributed by atoms with Crippen LogP contribution in [0.2, 0.25) is 0 Å². The van der Waals surface area contributed by atoms with Crippen LogP contribution in [0.15, 0.2) is 54.6 Å². The number of nitrogens with one attached hydrogen (secondary N) is 1. The highest BCUT2D eigenvalue weighted by Crippen LogP contribution is 2.29. The third-order valence-corrected chi connectivity index (χ3v) is 3.92.